The van der Waals surface area contributed by atoms with Crippen LogP contribution in [0, 0.1) is 0 Å². The van der Waals surface area contributed by atoms with Gasteiger partial charge in [0.15, 0.2) is 5.71 Å². The summed E-state index contributed by atoms with van der Waals surface area (Å²) >= 11 is 0. The largest absolute Gasteiger partial charge is 0.347 e. The summed E-state index contributed by atoms with van der Waals surface area (Å²) in [6.45, 7) is 0. The van der Waals surface area contributed by atoms with Crippen molar-refractivity contribution in [2.24, 2.45) is 0 Å². The first kappa shape index (κ1) is 17.5. The molecule has 0 atom stereocenters. The number of nitrogens with zero attached hydrogens (tertiary/aromatic N) is 2. The van der Waals surface area contributed by atoms with E-state index in [1.54, 1.807) is 11.1 Å². The third-order valence-corrected chi connectivity index (χ3v) is 8.45. The van der Waals surface area contributed by atoms with Crippen LogP contribution < -0.4 is 4.90 Å². The molecule has 0 aromatic heterocycles. The molecule has 0 bridgehead atoms. The van der Waals surface area contributed by atoms with E-state index in [1.807, 2.05) is 0 Å². The lowest BCUT2D eigenvalue weighted by Gasteiger charge is -2.29. The molecule has 2 spiro atoms. The van der Waals surface area contributed by atoms with Crippen LogP contribution in [0.5, 0.6) is 0 Å². The molecule has 148 valence electrons. The molecule has 2 heteroatoms. The number of hydrogen-bond acceptors (Lipinski definition) is 1. The van der Waals surface area contributed by atoms with Crippen molar-refractivity contribution in [1.82, 2.24) is 0 Å². The minimum atomic E-state index is 0.216. The van der Waals surface area contributed by atoms with E-state index in [1.165, 1.54) is 74.2 Å². The van der Waals surface area contributed by atoms with Crippen molar-refractivity contribution in [2.45, 2.75) is 62.2 Å². The van der Waals surface area contributed by atoms with Crippen molar-refractivity contribution in [2.75, 3.05) is 19.0 Å². The standard InChI is InChI=1S/C27H31N2/c1-28-22-13-5-3-11-20(22)26(15-7-8-16-26)24(28)19-25-27(17-9-10-18-27)21-12-4-6-14-23(21)29(25)2/h3-6,11-14,19H,7-10,15-18H2,1-2H3/q+1. The smallest absolute Gasteiger partial charge is 0.209 e. The predicted molar refractivity (Wildman–Crippen MR) is 121 cm³/mol. The molecule has 0 saturated heterocycles. The summed E-state index contributed by atoms with van der Waals surface area (Å²) in [5.74, 6) is 0. The van der Waals surface area contributed by atoms with Crippen molar-refractivity contribution in [1.29, 1.82) is 0 Å². The third kappa shape index (κ3) is 2.15. The van der Waals surface area contributed by atoms with Crippen LogP contribution in [0.25, 0.3) is 0 Å². The van der Waals surface area contributed by atoms with Crippen LogP contribution in [0.15, 0.2) is 60.3 Å². The summed E-state index contributed by atoms with van der Waals surface area (Å²) in [5.41, 5.74) is 9.46. The number of anilines is 1. The van der Waals surface area contributed by atoms with Gasteiger partial charge in [0.1, 0.15) is 7.05 Å². The summed E-state index contributed by atoms with van der Waals surface area (Å²) in [5, 5.41) is 0. The minimum absolute atomic E-state index is 0.216. The van der Waals surface area contributed by atoms with E-state index in [4.69, 9.17) is 0 Å². The fraction of sp³-hybridized carbons (Fsp3) is 0.444. The summed E-state index contributed by atoms with van der Waals surface area (Å²) in [4.78, 5) is 2.51. The fourth-order valence-corrected chi connectivity index (χ4v) is 7.13. The zero-order chi connectivity index (χ0) is 19.6. The van der Waals surface area contributed by atoms with Gasteiger partial charge in [-0.25, -0.2) is 0 Å². The first-order chi connectivity index (χ1) is 14.2. The summed E-state index contributed by atoms with van der Waals surface area (Å²) in [7, 11) is 4.59. The molecule has 2 aliphatic heterocycles. The topological polar surface area (TPSA) is 6.25 Å². The number of hydrogen-bond donors (Lipinski definition) is 0. The van der Waals surface area contributed by atoms with Crippen LogP contribution in [0.4, 0.5) is 11.4 Å². The van der Waals surface area contributed by atoms with Gasteiger partial charge >= 0.3 is 0 Å². The van der Waals surface area contributed by atoms with Crippen LogP contribution >= 0.6 is 0 Å². The van der Waals surface area contributed by atoms with Crippen LogP contribution in [0.3, 0.4) is 0 Å². The van der Waals surface area contributed by atoms with Crippen LogP contribution in [0.1, 0.15) is 62.5 Å². The molecule has 4 aliphatic rings. The SMILES string of the molecule is CN1C(=CC2=[N+](C)c3ccccc3C23CCCC3)C2(CCCC2)c2ccccc21. The Morgan fingerprint density at radius 1 is 0.793 bits per heavy atom. The number of rotatable bonds is 1. The van der Waals surface area contributed by atoms with Crippen LogP contribution in [-0.2, 0) is 10.8 Å². The summed E-state index contributed by atoms with van der Waals surface area (Å²) in [6, 6.07) is 18.3. The van der Waals surface area contributed by atoms with E-state index in [2.05, 4.69) is 78.2 Å². The van der Waals surface area contributed by atoms with Crippen molar-refractivity contribution < 1.29 is 4.58 Å². The first-order valence-electron chi connectivity index (χ1n) is 11.4. The number of para-hydroxylation sites is 2. The Labute approximate surface area is 174 Å². The Morgan fingerprint density at radius 3 is 2.10 bits per heavy atom. The number of likely N-dealkylation sites (N-methyl/N-ethyl adjacent to an activating group) is 1. The Morgan fingerprint density at radius 2 is 1.38 bits per heavy atom. The maximum Gasteiger partial charge on any atom is 0.209 e. The zero-order valence-electron chi connectivity index (χ0n) is 17.7. The predicted octanol–water partition coefficient (Wildman–Crippen LogP) is 6.07. The number of fused-ring (bicyclic) bond motifs is 4. The van der Waals surface area contributed by atoms with Gasteiger partial charge in [-0.3, -0.25) is 0 Å². The van der Waals surface area contributed by atoms with E-state index in [9.17, 15) is 0 Å². The molecule has 0 unspecified atom stereocenters. The monoisotopic (exact) mass is 383 g/mol. The van der Waals surface area contributed by atoms with E-state index >= 15 is 0 Å². The fourth-order valence-electron chi connectivity index (χ4n) is 7.13. The molecule has 6 rings (SSSR count). The maximum atomic E-state index is 2.62. The molecule has 0 radical (unpaired) electrons. The second-order valence-electron chi connectivity index (χ2n) is 9.65. The molecule has 2 heterocycles. The Kier molecular flexibility index (Phi) is 3.67. The van der Waals surface area contributed by atoms with Gasteiger partial charge in [0, 0.05) is 41.6 Å². The normalized spacial score (nSPS) is 24.9. The molecule has 29 heavy (non-hydrogen) atoms. The van der Waals surface area contributed by atoms with Gasteiger partial charge in [-0.2, -0.15) is 4.58 Å². The highest BCUT2D eigenvalue weighted by atomic mass is 15.2. The van der Waals surface area contributed by atoms with Crippen LogP contribution in [0.2, 0.25) is 0 Å². The lowest BCUT2D eigenvalue weighted by atomic mass is 9.73. The molecule has 2 nitrogen and oxygen atoms in total. The van der Waals surface area contributed by atoms with E-state index in [-0.39, 0.29) is 10.8 Å². The second-order valence-corrected chi connectivity index (χ2v) is 9.65. The molecule has 2 fully saturated rings. The highest BCUT2D eigenvalue weighted by molar-refractivity contribution is 6.05. The molecule has 0 amide bonds. The lowest BCUT2D eigenvalue weighted by Crippen LogP contribution is -2.34. The second kappa shape index (κ2) is 6.08. The average Bonchev–Trinajstić information content (AvgIpc) is 3.52. The number of allylic oxidation sites excluding steroid dienone is 2. The maximum absolute atomic E-state index is 2.62. The summed E-state index contributed by atoms with van der Waals surface area (Å²) in [6.07, 6.45) is 13.2. The van der Waals surface area contributed by atoms with Gasteiger partial charge in [-0.1, -0.05) is 62.1 Å². The quantitative estimate of drug-likeness (QED) is 0.542. The zero-order valence-corrected chi connectivity index (χ0v) is 17.7. The Hall–Kier alpha value is -2.35. The van der Waals surface area contributed by atoms with Gasteiger partial charge in [0.2, 0.25) is 5.69 Å². The highest BCUT2D eigenvalue weighted by Gasteiger charge is 2.54. The Bertz CT molecular complexity index is 1050. The van der Waals surface area contributed by atoms with Gasteiger partial charge in [0.05, 0.1) is 5.41 Å². The van der Waals surface area contributed by atoms with Gasteiger partial charge < -0.3 is 4.90 Å². The van der Waals surface area contributed by atoms with E-state index in [0.29, 0.717) is 0 Å². The molecule has 2 aromatic rings. The average molecular weight is 384 g/mol. The molecular formula is C27H31N2+. The molecular weight excluding hydrogens is 352 g/mol. The molecule has 2 saturated carbocycles. The van der Waals surface area contributed by atoms with Crippen molar-refractivity contribution >= 4 is 17.1 Å². The highest BCUT2D eigenvalue weighted by Crippen LogP contribution is 2.57. The van der Waals surface area contributed by atoms with Crippen molar-refractivity contribution in [3.63, 3.8) is 0 Å². The Balaban J connectivity index is 1.57. The van der Waals surface area contributed by atoms with Gasteiger partial charge in [-0.15, -0.1) is 0 Å². The molecule has 0 N–H and O–H groups in total. The van der Waals surface area contributed by atoms with Crippen molar-refractivity contribution in [3.05, 3.63) is 71.4 Å². The minimum Gasteiger partial charge on any atom is -0.347 e. The lowest BCUT2D eigenvalue weighted by molar-refractivity contribution is -0.401. The van der Waals surface area contributed by atoms with E-state index in [0.717, 1.165) is 0 Å². The van der Waals surface area contributed by atoms with Gasteiger partial charge in [-0.05, 0) is 37.3 Å². The summed E-state index contributed by atoms with van der Waals surface area (Å²) < 4.78 is 2.51. The molecule has 2 aromatic carbocycles. The number of benzene rings is 2. The van der Waals surface area contributed by atoms with E-state index < -0.39 is 0 Å². The van der Waals surface area contributed by atoms with Crippen LogP contribution in [-0.4, -0.2) is 24.4 Å². The van der Waals surface area contributed by atoms with Crippen molar-refractivity contribution in [3.8, 4) is 0 Å². The van der Waals surface area contributed by atoms with Gasteiger partial charge in [0.25, 0.3) is 0 Å². The third-order valence-electron chi connectivity index (χ3n) is 8.45. The molecule has 2 aliphatic carbocycles. The first-order valence-corrected chi connectivity index (χ1v) is 11.4.